The van der Waals surface area contributed by atoms with Crippen LogP contribution in [0.25, 0.3) is 16.6 Å². The SMILES string of the molecule is COc1ccc(OC)c(C2CC(=O)Oc3c2c(=O)n(-c2ccccc2)c2ccccc32)c1. The number of para-hydroxylation sites is 2. The molecule has 1 atom stereocenters. The Morgan fingerprint density at radius 2 is 1.66 bits per heavy atom. The molecule has 32 heavy (non-hydrogen) atoms. The van der Waals surface area contributed by atoms with Crippen molar-refractivity contribution in [1.29, 1.82) is 0 Å². The van der Waals surface area contributed by atoms with Gasteiger partial charge in [-0.2, -0.15) is 0 Å². The van der Waals surface area contributed by atoms with Gasteiger partial charge < -0.3 is 14.2 Å². The summed E-state index contributed by atoms with van der Waals surface area (Å²) in [6.45, 7) is 0. The third kappa shape index (κ3) is 3.12. The smallest absolute Gasteiger partial charge is 0.312 e. The molecule has 6 nitrogen and oxygen atoms in total. The Labute approximate surface area is 184 Å². The number of aromatic nitrogens is 1. The van der Waals surface area contributed by atoms with Crippen molar-refractivity contribution < 1.29 is 19.0 Å². The zero-order valence-electron chi connectivity index (χ0n) is 17.7. The lowest BCUT2D eigenvalue weighted by atomic mass is 9.85. The highest BCUT2D eigenvalue weighted by Crippen LogP contribution is 2.44. The van der Waals surface area contributed by atoms with E-state index < -0.39 is 11.9 Å². The third-order valence-electron chi connectivity index (χ3n) is 5.83. The summed E-state index contributed by atoms with van der Waals surface area (Å²) in [5, 5.41) is 0.700. The van der Waals surface area contributed by atoms with Crippen molar-refractivity contribution in [1.82, 2.24) is 4.57 Å². The Kier molecular flexibility index (Phi) is 4.90. The molecule has 0 saturated heterocycles. The minimum atomic E-state index is -0.539. The maximum absolute atomic E-state index is 14.0. The van der Waals surface area contributed by atoms with E-state index in [0.717, 1.165) is 5.69 Å². The highest BCUT2D eigenvalue weighted by molar-refractivity contribution is 5.92. The first kappa shape index (κ1) is 19.9. The molecule has 160 valence electrons. The largest absolute Gasteiger partial charge is 0.497 e. The summed E-state index contributed by atoms with van der Waals surface area (Å²) >= 11 is 0. The van der Waals surface area contributed by atoms with Crippen molar-refractivity contribution in [2.75, 3.05) is 14.2 Å². The fraction of sp³-hybridized carbons (Fsp3) is 0.154. The number of hydrogen-bond donors (Lipinski definition) is 0. The number of fused-ring (bicyclic) bond motifs is 3. The molecule has 3 aromatic carbocycles. The average molecular weight is 427 g/mol. The molecule has 5 rings (SSSR count). The van der Waals surface area contributed by atoms with Gasteiger partial charge in [0.15, 0.2) is 0 Å². The molecule has 1 unspecified atom stereocenters. The maximum Gasteiger partial charge on any atom is 0.312 e. The summed E-state index contributed by atoms with van der Waals surface area (Å²) in [5.74, 6) is 0.572. The van der Waals surface area contributed by atoms with Gasteiger partial charge in [-0.25, -0.2) is 0 Å². The van der Waals surface area contributed by atoms with Crippen molar-refractivity contribution in [3.05, 3.63) is 94.3 Å². The molecular weight excluding hydrogens is 406 g/mol. The zero-order chi connectivity index (χ0) is 22.2. The molecular formula is C26H21NO5. The number of rotatable bonds is 4. The van der Waals surface area contributed by atoms with Crippen molar-refractivity contribution in [2.24, 2.45) is 0 Å². The van der Waals surface area contributed by atoms with E-state index >= 15 is 0 Å². The van der Waals surface area contributed by atoms with Gasteiger partial charge >= 0.3 is 5.97 Å². The molecule has 1 aromatic heterocycles. The minimum Gasteiger partial charge on any atom is -0.497 e. The van der Waals surface area contributed by atoms with Crippen LogP contribution in [0.4, 0.5) is 0 Å². The van der Waals surface area contributed by atoms with Crippen molar-refractivity contribution >= 4 is 16.9 Å². The van der Waals surface area contributed by atoms with Crippen LogP contribution in [0, 0.1) is 0 Å². The molecule has 2 heterocycles. The predicted molar refractivity (Wildman–Crippen MR) is 121 cm³/mol. The number of methoxy groups -OCH3 is 2. The lowest BCUT2D eigenvalue weighted by molar-refractivity contribution is -0.135. The molecule has 0 spiro atoms. The second-order valence-electron chi connectivity index (χ2n) is 7.57. The molecule has 0 fully saturated rings. The van der Waals surface area contributed by atoms with E-state index in [4.69, 9.17) is 14.2 Å². The Hall–Kier alpha value is -4.06. The van der Waals surface area contributed by atoms with Gasteiger partial charge in [-0.15, -0.1) is 0 Å². The number of pyridine rings is 1. The van der Waals surface area contributed by atoms with Crippen LogP contribution in [0.3, 0.4) is 0 Å². The number of hydrogen-bond acceptors (Lipinski definition) is 5. The maximum atomic E-state index is 14.0. The highest BCUT2D eigenvalue weighted by Gasteiger charge is 2.35. The Morgan fingerprint density at radius 3 is 2.41 bits per heavy atom. The summed E-state index contributed by atoms with van der Waals surface area (Å²) in [5.41, 5.74) is 2.32. The molecule has 1 aliphatic rings. The summed E-state index contributed by atoms with van der Waals surface area (Å²) in [6.07, 6.45) is 0.0267. The van der Waals surface area contributed by atoms with Crippen LogP contribution in [-0.4, -0.2) is 24.8 Å². The molecule has 4 aromatic rings. The fourth-order valence-electron chi connectivity index (χ4n) is 4.38. The lowest BCUT2D eigenvalue weighted by Gasteiger charge is -2.28. The van der Waals surface area contributed by atoms with Gasteiger partial charge in [-0.3, -0.25) is 14.2 Å². The van der Waals surface area contributed by atoms with Gasteiger partial charge in [0.1, 0.15) is 17.2 Å². The zero-order valence-corrected chi connectivity index (χ0v) is 17.7. The summed E-state index contributed by atoms with van der Waals surface area (Å²) in [7, 11) is 3.14. The predicted octanol–water partition coefficient (Wildman–Crippen LogP) is 4.45. The third-order valence-corrected chi connectivity index (χ3v) is 5.83. The van der Waals surface area contributed by atoms with Gasteiger partial charge in [0.2, 0.25) is 0 Å². The van der Waals surface area contributed by atoms with Gasteiger partial charge in [0.25, 0.3) is 5.56 Å². The van der Waals surface area contributed by atoms with Gasteiger partial charge in [-0.05, 0) is 42.5 Å². The molecule has 0 amide bonds. The van der Waals surface area contributed by atoms with Crippen LogP contribution in [0.1, 0.15) is 23.5 Å². The first-order valence-electron chi connectivity index (χ1n) is 10.3. The standard InChI is InChI=1S/C26H21NO5/c1-30-17-12-13-22(31-2)19(14-17)20-15-23(28)32-25-18-10-6-7-11-21(18)27(26(29)24(20)25)16-8-4-3-5-9-16/h3-14,20H,15H2,1-2H3. The van der Waals surface area contributed by atoms with E-state index in [1.54, 1.807) is 30.9 Å². The van der Waals surface area contributed by atoms with Gasteiger partial charge in [0.05, 0.1) is 31.7 Å². The van der Waals surface area contributed by atoms with E-state index in [0.29, 0.717) is 39.3 Å². The molecule has 0 radical (unpaired) electrons. The molecule has 0 bridgehead atoms. The lowest BCUT2D eigenvalue weighted by Crippen LogP contribution is -2.32. The van der Waals surface area contributed by atoms with Crippen molar-refractivity contribution in [3.63, 3.8) is 0 Å². The topological polar surface area (TPSA) is 66.8 Å². The Balaban J connectivity index is 1.88. The van der Waals surface area contributed by atoms with E-state index in [9.17, 15) is 9.59 Å². The molecule has 6 heteroatoms. The fourth-order valence-corrected chi connectivity index (χ4v) is 4.38. The van der Waals surface area contributed by atoms with Gasteiger partial charge in [0, 0.05) is 22.6 Å². The minimum absolute atomic E-state index is 0.0267. The van der Waals surface area contributed by atoms with Crippen LogP contribution in [-0.2, 0) is 4.79 Å². The van der Waals surface area contributed by atoms with E-state index in [2.05, 4.69) is 0 Å². The van der Waals surface area contributed by atoms with Crippen LogP contribution >= 0.6 is 0 Å². The van der Waals surface area contributed by atoms with E-state index in [-0.39, 0.29) is 12.0 Å². The number of benzene rings is 3. The molecule has 0 aliphatic carbocycles. The average Bonchev–Trinajstić information content (AvgIpc) is 2.84. The monoisotopic (exact) mass is 427 g/mol. The van der Waals surface area contributed by atoms with Crippen LogP contribution in [0.5, 0.6) is 17.2 Å². The highest BCUT2D eigenvalue weighted by atomic mass is 16.5. The number of carbonyl (C=O) groups is 1. The van der Waals surface area contributed by atoms with Crippen LogP contribution in [0.2, 0.25) is 0 Å². The normalized spacial score (nSPS) is 15.2. The second-order valence-corrected chi connectivity index (χ2v) is 7.57. The first-order valence-corrected chi connectivity index (χ1v) is 10.3. The first-order chi connectivity index (χ1) is 15.6. The van der Waals surface area contributed by atoms with E-state index in [1.807, 2.05) is 60.7 Å². The van der Waals surface area contributed by atoms with Crippen LogP contribution < -0.4 is 19.8 Å². The number of nitrogens with zero attached hydrogens (tertiary/aromatic N) is 1. The van der Waals surface area contributed by atoms with Crippen LogP contribution in [0.15, 0.2) is 77.6 Å². The van der Waals surface area contributed by atoms with Crippen molar-refractivity contribution in [3.8, 4) is 22.9 Å². The van der Waals surface area contributed by atoms with Crippen molar-refractivity contribution in [2.45, 2.75) is 12.3 Å². The summed E-state index contributed by atoms with van der Waals surface area (Å²) in [4.78, 5) is 26.6. The molecule has 0 saturated carbocycles. The quantitative estimate of drug-likeness (QED) is 0.450. The molecule has 1 aliphatic heterocycles. The summed E-state index contributed by atoms with van der Waals surface area (Å²) < 4.78 is 18.3. The Bertz CT molecular complexity index is 1390. The summed E-state index contributed by atoms with van der Waals surface area (Å²) in [6, 6.07) is 22.3. The second kappa shape index (κ2) is 7.89. The Morgan fingerprint density at radius 1 is 0.906 bits per heavy atom. The van der Waals surface area contributed by atoms with E-state index in [1.165, 1.54) is 0 Å². The number of carbonyl (C=O) groups excluding carboxylic acids is 1. The molecule has 0 N–H and O–H groups in total. The van der Waals surface area contributed by atoms with Gasteiger partial charge in [-0.1, -0.05) is 30.3 Å². The number of ether oxygens (including phenoxy) is 3. The number of esters is 1.